The number of carbonyl (C=O) groups is 2. The van der Waals surface area contributed by atoms with Crippen LogP contribution in [0.1, 0.15) is 0 Å². The number of amides is 4. The molecule has 70 valence electrons. The molecule has 6 nitrogen and oxygen atoms in total. The third-order valence-corrected chi connectivity index (χ3v) is 0.986. The van der Waals surface area contributed by atoms with Crippen LogP contribution in [-0.2, 0) is 19.5 Å². The van der Waals surface area contributed by atoms with Crippen molar-refractivity contribution in [2.45, 2.75) is 0 Å². The molecule has 0 N–H and O–H groups in total. The Labute approximate surface area is 89.7 Å². The van der Waals surface area contributed by atoms with Gasteiger partial charge < -0.3 is 9.80 Å². The largest absolute Gasteiger partial charge is 0.361 e. The Kier molecular flexibility index (Phi) is 7.51. The predicted molar refractivity (Wildman–Crippen MR) is 43.0 cm³/mol. The van der Waals surface area contributed by atoms with Crippen LogP contribution in [0, 0.1) is 0 Å². The zero-order valence-electron chi connectivity index (χ0n) is 8.31. The summed E-state index contributed by atoms with van der Waals surface area (Å²) in [5.41, 5.74) is 0. The maximum atomic E-state index is 10.8. The molecule has 0 rings (SSSR count). The summed E-state index contributed by atoms with van der Waals surface area (Å²) in [5.74, 6) is 0. The van der Waals surface area contributed by atoms with Gasteiger partial charge in [-0.05, 0) is 0 Å². The van der Waals surface area contributed by atoms with E-state index in [1.54, 1.807) is 0 Å². The molecule has 0 unspecified atom stereocenters. The predicted octanol–water partition coefficient (Wildman–Crippen LogP) is 0.799. The minimum absolute atomic E-state index is 0. The van der Waals surface area contributed by atoms with Crippen molar-refractivity contribution in [3.05, 3.63) is 0 Å². The number of nitrogens with zero attached hydrogens (tertiary/aromatic N) is 4. The van der Waals surface area contributed by atoms with Crippen LogP contribution in [0.4, 0.5) is 9.59 Å². The molecule has 0 saturated heterocycles. The second-order valence-corrected chi connectivity index (χ2v) is 2.55. The second-order valence-electron chi connectivity index (χ2n) is 2.55. The van der Waals surface area contributed by atoms with Gasteiger partial charge in [-0.2, -0.15) is 0 Å². The van der Waals surface area contributed by atoms with Crippen molar-refractivity contribution in [1.82, 2.24) is 9.80 Å². The number of carbonyl (C=O) groups excluding carboxylic acids is 2. The van der Waals surface area contributed by atoms with Crippen LogP contribution < -0.4 is 0 Å². The first kappa shape index (κ1) is 14.7. The molecule has 0 aliphatic rings. The Hall–Kier alpha value is -0.837. The van der Waals surface area contributed by atoms with Crippen LogP contribution in [0.25, 0.3) is 0 Å². The quantitative estimate of drug-likeness (QED) is 0.462. The fraction of sp³-hybridized carbons (Fsp3) is 0.667. The Balaban J connectivity index is 0. The molecule has 0 fully saturated rings. The SMILES string of the molecule is CN(C)C(=O)N=NC(=O)N(C)C.[Zn]. The van der Waals surface area contributed by atoms with Crippen LogP contribution >= 0.6 is 0 Å². The van der Waals surface area contributed by atoms with Crippen molar-refractivity contribution in [3.8, 4) is 0 Å². The molecular weight excluding hydrogens is 225 g/mol. The van der Waals surface area contributed by atoms with E-state index < -0.39 is 12.1 Å². The van der Waals surface area contributed by atoms with E-state index in [4.69, 9.17) is 0 Å². The Morgan fingerprint density at radius 2 is 1.08 bits per heavy atom. The first-order valence-electron chi connectivity index (χ1n) is 3.29. The summed E-state index contributed by atoms with van der Waals surface area (Å²) in [6.07, 6.45) is 0. The molecule has 0 spiro atoms. The zero-order chi connectivity index (χ0) is 9.72. The topological polar surface area (TPSA) is 65.3 Å². The standard InChI is InChI=1S/C6H12N4O2.Zn/c1-9(2)5(11)7-8-6(12)10(3)4;/h1-4H3;. The van der Waals surface area contributed by atoms with Gasteiger partial charge in [0.05, 0.1) is 0 Å². The van der Waals surface area contributed by atoms with E-state index in [1.807, 2.05) is 0 Å². The van der Waals surface area contributed by atoms with Crippen LogP contribution in [0.3, 0.4) is 0 Å². The molecule has 0 atom stereocenters. The molecule has 0 heterocycles. The summed E-state index contributed by atoms with van der Waals surface area (Å²) >= 11 is 0. The van der Waals surface area contributed by atoms with Crippen LogP contribution in [0.5, 0.6) is 0 Å². The normalized spacial score (nSPS) is 9.23. The molecule has 0 aromatic rings. The second kappa shape index (κ2) is 6.65. The van der Waals surface area contributed by atoms with E-state index in [0.717, 1.165) is 0 Å². The molecule has 7 heteroatoms. The fourth-order valence-electron chi connectivity index (χ4n) is 0.264. The van der Waals surface area contributed by atoms with Crippen molar-refractivity contribution < 1.29 is 29.1 Å². The van der Waals surface area contributed by atoms with Crippen molar-refractivity contribution in [3.63, 3.8) is 0 Å². The molecule has 0 radical (unpaired) electrons. The summed E-state index contributed by atoms with van der Waals surface area (Å²) in [6.45, 7) is 0. The number of hydrogen-bond donors (Lipinski definition) is 0. The van der Waals surface area contributed by atoms with E-state index in [-0.39, 0.29) is 19.5 Å². The molecule has 0 aliphatic heterocycles. The van der Waals surface area contributed by atoms with Gasteiger partial charge in [-0.15, -0.1) is 0 Å². The minimum atomic E-state index is -0.551. The fourth-order valence-corrected chi connectivity index (χ4v) is 0.264. The van der Waals surface area contributed by atoms with Crippen molar-refractivity contribution >= 4 is 12.1 Å². The molecular formula is C6H12N4O2Zn. The van der Waals surface area contributed by atoms with E-state index in [0.29, 0.717) is 0 Å². The number of rotatable bonds is 0. The molecule has 0 aromatic heterocycles. The molecule has 13 heavy (non-hydrogen) atoms. The summed E-state index contributed by atoms with van der Waals surface area (Å²) in [6, 6.07) is -1.10. The third-order valence-electron chi connectivity index (χ3n) is 0.986. The number of hydrogen-bond acceptors (Lipinski definition) is 2. The smallest absolute Gasteiger partial charge is 0.328 e. The monoisotopic (exact) mass is 236 g/mol. The van der Waals surface area contributed by atoms with Crippen LogP contribution in [-0.4, -0.2) is 50.1 Å². The first-order chi connectivity index (χ1) is 5.45. The van der Waals surface area contributed by atoms with E-state index >= 15 is 0 Å². The molecule has 4 amide bonds. The van der Waals surface area contributed by atoms with Gasteiger partial charge in [0.2, 0.25) is 0 Å². The van der Waals surface area contributed by atoms with Gasteiger partial charge in [0.15, 0.2) is 0 Å². The summed E-state index contributed by atoms with van der Waals surface area (Å²) in [4.78, 5) is 24.0. The van der Waals surface area contributed by atoms with Gasteiger partial charge in [-0.25, -0.2) is 9.59 Å². The van der Waals surface area contributed by atoms with Gasteiger partial charge >= 0.3 is 12.1 Å². The van der Waals surface area contributed by atoms with E-state index in [9.17, 15) is 9.59 Å². The first-order valence-corrected chi connectivity index (χ1v) is 3.29. The van der Waals surface area contributed by atoms with Crippen molar-refractivity contribution in [2.24, 2.45) is 10.2 Å². The third kappa shape index (κ3) is 6.34. The van der Waals surface area contributed by atoms with Gasteiger partial charge in [0.1, 0.15) is 0 Å². The summed E-state index contributed by atoms with van der Waals surface area (Å²) < 4.78 is 0. The zero-order valence-corrected chi connectivity index (χ0v) is 11.3. The Bertz CT molecular complexity index is 193. The van der Waals surface area contributed by atoms with Gasteiger partial charge in [0, 0.05) is 47.7 Å². The molecule has 0 bridgehead atoms. The van der Waals surface area contributed by atoms with E-state index in [1.165, 1.54) is 38.0 Å². The van der Waals surface area contributed by atoms with Gasteiger partial charge in [-0.3, -0.25) is 0 Å². The number of urea groups is 2. The average Bonchev–Trinajstić information content (AvgIpc) is 1.98. The number of azo groups is 1. The van der Waals surface area contributed by atoms with Crippen molar-refractivity contribution in [2.75, 3.05) is 28.2 Å². The van der Waals surface area contributed by atoms with Gasteiger partial charge in [-0.1, -0.05) is 10.2 Å². The van der Waals surface area contributed by atoms with Crippen molar-refractivity contribution in [1.29, 1.82) is 0 Å². The maximum absolute atomic E-state index is 10.8. The van der Waals surface area contributed by atoms with E-state index in [2.05, 4.69) is 10.2 Å². The summed E-state index contributed by atoms with van der Waals surface area (Å²) in [5, 5.41) is 6.33. The maximum Gasteiger partial charge on any atom is 0.361 e. The summed E-state index contributed by atoms with van der Waals surface area (Å²) in [7, 11) is 6.12. The molecule has 0 saturated carbocycles. The Morgan fingerprint density at radius 3 is 1.23 bits per heavy atom. The van der Waals surface area contributed by atoms with Crippen LogP contribution in [0.2, 0.25) is 0 Å². The van der Waals surface area contributed by atoms with Gasteiger partial charge in [0.25, 0.3) is 0 Å². The Morgan fingerprint density at radius 1 is 0.846 bits per heavy atom. The molecule has 0 aromatic carbocycles. The van der Waals surface area contributed by atoms with Crippen LogP contribution in [0.15, 0.2) is 10.2 Å². The minimum Gasteiger partial charge on any atom is -0.328 e. The molecule has 0 aliphatic carbocycles. The average molecular weight is 238 g/mol.